The Balaban J connectivity index is 1.77. The molecule has 2 aromatic rings. The second kappa shape index (κ2) is 6.47. The van der Waals surface area contributed by atoms with Gasteiger partial charge in [0.1, 0.15) is 0 Å². The van der Waals surface area contributed by atoms with Crippen LogP contribution in [0.15, 0.2) is 24.3 Å². The first kappa shape index (κ1) is 16.2. The Bertz CT molecular complexity index is 800. The molecule has 2 heterocycles. The number of methoxy groups -OCH3 is 1. The van der Waals surface area contributed by atoms with Crippen LogP contribution in [-0.4, -0.2) is 47.7 Å². The third-order valence-electron chi connectivity index (χ3n) is 4.63. The molecule has 1 saturated heterocycles. The molecule has 0 saturated carbocycles. The molecule has 0 spiro atoms. The molecule has 3 rings (SSSR count). The Morgan fingerprint density at radius 1 is 1.17 bits per heavy atom. The average molecular weight is 328 g/mol. The lowest BCUT2D eigenvalue weighted by atomic mass is 9.96. The van der Waals surface area contributed by atoms with Crippen LogP contribution in [0, 0.1) is 12.8 Å². The molecular weight excluding hydrogens is 308 g/mol. The van der Waals surface area contributed by atoms with Gasteiger partial charge >= 0.3 is 5.97 Å². The average Bonchev–Trinajstić information content (AvgIpc) is 2.95. The zero-order valence-electron chi connectivity index (χ0n) is 13.8. The van der Waals surface area contributed by atoms with Crippen LogP contribution in [0.3, 0.4) is 0 Å². The molecular formula is C18H20N2O4. The van der Waals surface area contributed by atoms with Crippen molar-refractivity contribution in [3.8, 4) is 0 Å². The molecule has 0 atom stereocenters. The normalized spacial score (nSPS) is 15.5. The summed E-state index contributed by atoms with van der Waals surface area (Å²) >= 11 is 0. The number of ketones is 1. The number of H-pyrrole nitrogens is 1. The lowest BCUT2D eigenvalue weighted by Gasteiger charge is -2.30. The van der Waals surface area contributed by atoms with Gasteiger partial charge in [0.2, 0.25) is 0 Å². The van der Waals surface area contributed by atoms with Crippen molar-refractivity contribution < 1.29 is 19.1 Å². The zero-order valence-corrected chi connectivity index (χ0v) is 13.8. The van der Waals surface area contributed by atoms with Crippen molar-refractivity contribution in [1.82, 2.24) is 9.88 Å². The zero-order chi connectivity index (χ0) is 17.3. The van der Waals surface area contributed by atoms with Crippen molar-refractivity contribution in [2.24, 2.45) is 5.92 Å². The van der Waals surface area contributed by atoms with Gasteiger partial charge in [0.25, 0.3) is 11.7 Å². The van der Waals surface area contributed by atoms with Gasteiger partial charge in [0, 0.05) is 29.7 Å². The van der Waals surface area contributed by atoms with Crippen LogP contribution in [0.5, 0.6) is 0 Å². The van der Waals surface area contributed by atoms with Crippen LogP contribution in [0.25, 0.3) is 10.9 Å². The number of aromatic nitrogens is 1. The molecule has 6 nitrogen and oxygen atoms in total. The highest BCUT2D eigenvalue weighted by molar-refractivity contribution is 6.45. The molecule has 0 unspecified atom stereocenters. The van der Waals surface area contributed by atoms with E-state index in [9.17, 15) is 14.4 Å². The van der Waals surface area contributed by atoms with E-state index in [4.69, 9.17) is 4.74 Å². The van der Waals surface area contributed by atoms with Crippen LogP contribution >= 0.6 is 0 Å². The monoisotopic (exact) mass is 328 g/mol. The van der Waals surface area contributed by atoms with Crippen molar-refractivity contribution in [3.05, 3.63) is 35.5 Å². The first-order chi connectivity index (χ1) is 11.5. The minimum atomic E-state index is -0.508. The van der Waals surface area contributed by atoms with Crippen LogP contribution in [0.2, 0.25) is 0 Å². The second-order valence-electron chi connectivity index (χ2n) is 6.09. The van der Waals surface area contributed by atoms with E-state index in [2.05, 4.69) is 4.98 Å². The predicted molar refractivity (Wildman–Crippen MR) is 88.7 cm³/mol. The summed E-state index contributed by atoms with van der Waals surface area (Å²) in [5.74, 6) is -1.45. The summed E-state index contributed by atoms with van der Waals surface area (Å²) in [7, 11) is 1.36. The van der Waals surface area contributed by atoms with Gasteiger partial charge in [-0.15, -0.1) is 0 Å². The summed E-state index contributed by atoms with van der Waals surface area (Å²) in [6, 6.07) is 7.44. The lowest BCUT2D eigenvalue weighted by Crippen LogP contribution is -2.43. The van der Waals surface area contributed by atoms with E-state index in [0.29, 0.717) is 37.2 Å². The molecule has 126 valence electrons. The van der Waals surface area contributed by atoms with Crippen LogP contribution in [0.1, 0.15) is 28.9 Å². The third-order valence-corrected chi connectivity index (χ3v) is 4.63. The summed E-state index contributed by atoms with van der Waals surface area (Å²) in [6.07, 6.45) is 1.05. The minimum absolute atomic E-state index is 0.191. The number of piperidine rings is 1. The number of Topliss-reactive ketones (excluding diaryl/α,β-unsaturated/α-hetero) is 1. The van der Waals surface area contributed by atoms with E-state index in [0.717, 1.165) is 10.9 Å². The van der Waals surface area contributed by atoms with Gasteiger partial charge in [-0.3, -0.25) is 14.4 Å². The van der Waals surface area contributed by atoms with Crippen LogP contribution < -0.4 is 0 Å². The standard InChI is InChI=1S/C18H20N2O4/c1-11-15(13-5-3-4-6-14(13)19-11)16(21)17(22)20-9-7-12(8-10-20)18(23)24-2/h3-6,12,19H,7-10H2,1-2H3. The second-order valence-corrected chi connectivity index (χ2v) is 6.09. The summed E-state index contributed by atoms with van der Waals surface area (Å²) < 4.78 is 4.74. The number of hydrogen-bond donors (Lipinski definition) is 1. The molecule has 24 heavy (non-hydrogen) atoms. The maximum atomic E-state index is 12.7. The molecule has 1 N–H and O–H groups in total. The number of fused-ring (bicyclic) bond motifs is 1. The molecule has 1 aromatic carbocycles. The number of aromatic amines is 1. The Kier molecular flexibility index (Phi) is 4.38. The van der Waals surface area contributed by atoms with E-state index < -0.39 is 11.7 Å². The number of rotatable bonds is 3. The number of esters is 1. The Morgan fingerprint density at radius 2 is 1.83 bits per heavy atom. The number of nitrogens with one attached hydrogen (secondary N) is 1. The van der Waals surface area contributed by atoms with E-state index in [1.807, 2.05) is 24.3 Å². The highest BCUT2D eigenvalue weighted by Crippen LogP contribution is 2.24. The minimum Gasteiger partial charge on any atom is -0.469 e. The summed E-state index contributed by atoms with van der Waals surface area (Å²) in [5, 5.41) is 0.762. The number of ether oxygens (including phenoxy) is 1. The van der Waals surface area contributed by atoms with Crippen LogP contribution in [-0.2, 0) is 14.3 Å². The van der Waals surface area contributed by atoms with Crippen molar-refractivity contribution in [2.75, 3.05) is 20.2 Å². The SMILES string of the molecule is COC(=O)C1CCN(C(=O)C(=O)c2c(C)[nH]c3ccccc23)CC1. The Morgan fingerprint density at radius 3 is 2.50 bits per heavy atom. The van der Waals surface area contributed by atoms with Crippen molar-refractivity contribution in [2.45, 2.75) is 19.8 Å². The molecule has 6 heteroatoms. The number of carbonyl (C=O) groups excluding carboxylic acids is 3. The smallest absolute Gasteiger partial charge is 0.308 e. The molecule has 1 aliphatic rings. The number of amides is 1. The molecule has 0 radical (unpaired) electrons. The lowest BCUT2D eigenvalue weighted by molar-refractivity contribution is -0.148. The van der Waals surface area contributed by atoms with Gasteiger partial charge in [-0.25, -0.2) is 0 Å². The number of likely N-dealkylation sites (tertiary alicyclic amines) is 1. The largest absolute Gasteiger partial charge is 0.469 e. The number of aryl methyl sites for hydroxylation is 1. The number of para-hydroxylation sites is 1. The van der Waals surface area contributed by atoms with Crippen molar-refractivity contribution in [3.63, 3.8) is 0 Å². The maximum absolute atomic E-state index is 12.7. The van der Waals surface area contributed by atoms with Gasteiger partial charge in [0.15, 0.2) is 0 Å². The molecule has 1 fully saturated rings. The topological polar surface area (TPSA) is 79.5 Å². The van der Waals surface area contributed by atoms with Crippen molar-refractivity contribution in [1.29, 1.82) is 0 Å². The fourth-order valence-electron chi connectivity index (χ4n) is 3.30. The molecule has 1 amide bonds. The molecule has 1 aromatic heterocycles. The van der Waals surface area contributed by atoms with Gasteiger partial charge in [-0.1, -0.05) is 18.2 Å². The van der Waals surface area contributed by atoms with Gasteiger partial charge < -0.3 is 14.6 Å². The van der Waals surface area contributed by atoms with Gasteiger partial charge in [-0.05, 0) is 25.8 Å². The first-order valence-electron chi connectivity index (χ1n) is 8.01. The quantitative estimate of drug-likeness (QED) is 0.531. The van der Waals surface area contributed by atoms with Crippen molar-refractivity contribution >= 4 is 28.6 Å². The summed E-state index contributed by atoms with van der Waals surface area (Å²) in [5.41, 5.74) is 1.97. The fraction of sp³-hybridized carbons (Fsp3) is 0.389. The summed E-state index contributed by atoms with van der Waals surface area (Å²) in [6.45, 7) is 2.58. The first-order valence-corrected chi connectivity index (χ1v) is 8.01. The Hall–Kier alpha value is -2.63. The van der Waals surface area contributed by atoms with Gasteiger partial charge in [-0.2, -0.15) is 0 Å². The molecule has 1 aliphatic heterocycles. The van der Waals surface area contributed by atoms with Crippen LogP contribution in [0.4, 0.5) is 0 Å². The highest BCUT2D eigenvalue weighted by atomic mass is 16.5. The van der Waals surface area contributed by atoms with E-state index in [1.54, 1.807) is 6.92 Å². The van der Waals surface area contributed by atoms with Gasteiger partial charge in [0.05, 0.1) is 18.6 Å². The number of nitrogens with zero attached hydrogens (tertiary/aromatic N) is 1. The summed E-state index contributed by atoms with van der Waals surface area (Å²) in [4.78, 5) is 41.5. The van der Waals surface area contributed by atoms with E-state index >= 15 is 0 Å². The highest BCUT2D eigenvalue weighted by Gasteiger charge is 2.32. The number of hydrogen-bond acceptors (Lipinski definition) is 4. The fourth-order valence-corrected chi connectivity index (χ4v) is 3.30. The Labute approximate surface area is 139 Å². The number of carbonyl (C=O) groups is 3. The number of benzene rings is 1. The molecule has 0 aliphatic carbocycles. The third kappa shape index (κ3) is 2.79. The van der Waals surface area contributed by atoms with E-state index in [-0.39, 0.29) is 11.9 Å². The predicted octanol–water partition coefficient (Wildman–Crippen LogP) is 2.07. The maximum Gasteiger partial charge on any atom is 0.308 e. The van der Waals surface area contributed by atoms with E-state index in [1.165, 1.54) is 12.0 Å². The molecule has 0 bridgehead atoms.